The number of hydrogen-bond acceptors (Lipinski definition) is 1. The number of hydrogen-bond donors (Lipinski definition) is 0. The van der Waals surface area contributed by atoms with Gasteiger partial charge in [-0.3, -0.25) is 0 Å². The second-order valence-corrected chi connectivity index (χ2v) is 11.3. The summed E-state index contributed by atoms with van der Waals surface area (Å²) in [5.41, 5.74) is 1.60. The van der Waals surface area contributed by atoms with Gasteiger partial charge in [0.1, 0.15) is 0 Å². The maximum absolute atomic E-state index is 15.2. The summed E-state index contributed by atoms with van der Waals surface area (Å²) in [7, 11) is 0. The number of rotatable bonds is 13. The number of unbranched alkanes of at least 4 members (excludes halogenated alkanes) is 6. The molecular weight excluding hydrogens is 524 g/mol. The normalized spacial score (nSPS) is 17.3. The van der Waals surface area contributed by atoms with Crippen LogP contribution in [0.5, 0.6) is 5.75 Å². The van der Waals surface area contributed by atoms with Crippen LogP contribution in [0.25, 0.3) is 22.3 Å². The van der Waals surface area contributed by atoms with Crippen molar-refractivity contribution in [3.05, 3.63) is 89.5 Å². The third kappa shape index (κ3) is 7.81. The van der Waals surface area contributed by atoms with Gasteiger partial charge in [0.15, 0.2) is 23.2 Å². The largest absolute Gasteiger partial charge is 0.490 e. The van der Waals surface area contributed by atoms with E-state index in [1.54, 1.807) is 36.4 Å². The van der Waals surface area contributed by atoms with Crippen LogP contribution in [0.4, 0.5) is 17.6 Å². The highest BCUT2D eigenvalue weighted by Crippen LogP contribution is 2.39. The molecule has 0 amide bonds. The van der Waals surface area contributed by atoms with Crippen LogP contribution in [0.15, 0.2) is 60.7 Å². The molecule has 0 heterocycles. The monoisotopic (exact) mass is 566 g/mol. The molecule has 41 heavy (non-hydrogen) atoms. The zero-order chi connectivity index (χ0) is 29.2. The van der Waals surface area contributed by atoms with Crippen molar-refractivity contribution in [1.29, 1.82) is 0 Å². The van der Waals surface area contributed by atoms with Crippen LogP contribution in [-0.4, -0.2) is 6.61 Å². The van der Waals surface area contributed by atoms with Crippen LogP contribution in [0.3, 0.4) is 0 Å². The van der Waals surface area contributed by atoms with Crippen LogP contribution in [-0.2, 0) is 0 Å². The summed E-state index contributed by atoms with van der Waals surface area (Å²) >= 11 is 0. The first-order valence-electron chi connectivity index (χ1n) is 15.3. The van der Waals surface area contributed by atoms with E-state index in [0.29, 0.717) is 29.2 Å². The lowest BCUT2D eigenvalue weighted by Crippen LogP contribution is -2.13. The highest BCUT2D eigenvalue weighted by atomic mass is 19.2. The fourth-order valence-corrected chi connectivity index (χ4v) is 5.93. The summed E-state index contributed by atoms with van der Waals surface area (Å²) in [6.45, 7) is 4.53. The predicted molar refractivity (Wildman–Crippen MR) is 160 cm³/mol. The second-order valence-electron chi connectivity index (χ2n) is 11.3. The van der Waals surface area contributed by atoms with E-state index in [1.165, 1.54) is 37.8 Å². The summed E-state index contributed by atoms with van der Waals surface area (Å²) in [5, 5.41) is 0. The topological polar surface area (TPSA) is 9.23 Å². The van der Waals surface area contributed by atoms with Gasteiger partial charge < -0.3 is 4.74 Å². The van der Waals surface area contributed by atoms with Gasteiger partial charge >= 0.3 is 0 Å². The first-order valence-corrected chi connectivity index (χ1v) is 15.3. The molecular formula is C36H42F4O. The van der Waals surface area contributed by atoms with Crippen molar-refractivity contribution >= 4 is 0 Å². The molecule has 1 nitrogen and oxygen atoms in total. The first-order chi connectivity index (χ1) is 19.9. The fourth-order valence-electron chi connectivity index (χ4n) is 5.93. The molecule has 0 aromatic heterocycles. The minimum Gasteiger partial charge on any atom is -0.490 e. The SMILES string of the molecule is CC=CC1CCC(c2ccc(-c3ccc(-c4ccc(OCCCCCCCCC)c(F)c4F)cc3)c(F)c2F)CC1. The third-order valence-electron chi connectivity index (χ3n) is 8.35. The molecule has 1 saturated carbocycles. The number of ether oxygens (including phenoxy) is 1. The maximum atomic E-state index is 15.2. The Hall–Kier alpha value is -3.08. The molecule has 5 heteroatoms. The molecule has 0 saturated heterocycles. The Morgan fingerprint density at radius 3 is 1.83 bits per heavy atom. The predicted octanol–water partition coefficient (Wildman–Crippen LogP) is 11.6. The summed E-state index contributed by atoms with van der Waals surface area (Å²) in [4.78, 5) is 0. The highest BCUT2D eigenvalue weighted by molar-refractivity contribution is 5.72. The van der Waals surface area contributed by atoms with E-state index in [1.807, 2.05) is 6.92 Å². The summed E-state index contributed by atoms with van der Waals surface area (Å²) in [6.07, 6.45) is 15.7. The highest BCUT2D eigenvalue weighted by Gasteiger charge is 2.26. The van der Waals surface area contributed by atoms with Gasteiger partial charge in [-0.15, -0.1) is 0 Å². The average Bonchev–Trinajstić information content (AvgIpc) is 2.99. The lowest BCUT2D eigenvalue weighted by atomic mass is 9.78. The second kappa shape index (κ2) is 15.2. The Balaban J connectivity index is 1.39. The zero-order valence-electron chi connectivity index (χ0n) is 24.3. The van der Waals surface area contributed by atoms with Crippen LogP contribution < -0.4 is 4.74 Å². The summed E-state index contributed by atoms with van der Waals surface area (Å²) < 4.78 is 65.6. The van der Waals surface area contributed by atoms with Crippen molar-refractivity contribution in [3.63, 3.8) is 0 Å². The van der Waals surface area contributed by atoms with Gasteiger partial charge in [-0.05, 0) is 79.7 Å². The van der Waals surface area contributed by atoms with E-state index in [0.717, 1.165) is 44.9 Å². The van der Waals surface area contributed by atoms with E-state index >= 15 is 8.78 Å². The van der Waals surface area contributed by atoms with E-state index in [-0.39, 0.29) is 22.8 Å². The van der Waals surface area contributed by atoms with E-state index < -0.39 is 23.3 Å². The Kier molecular flexibility index (Phi) is 11.5. The standard InChI is InChI=1S/C36H42F4O/c1-3-5-6-7-8-9-10-24-41-32-23-22-31(35(39)36(32)40)28-18-16-27(17-19-28)30-21-20-29(33(37)34(30)38)26-14-12-25(11-4-2)13-15-26/h4,11,16-23,25-26H,3,5-10,12-15,24H2,1-2H3. The minimum atomic E-state index is -1.02. The maximum Gasteiger partial charge on any atom is 0.201 e. The van der Waals surface area contributed by atoms with Gasteiger partial charge in [-0.1, -0.05) is 94.0 Å². The van der Waals surface area contributed by atoms with Crippen molar-refractivity contribution in [2.75, 3.05) is 6.61 Å². The fraction of sp³-hybridized carbons (Fsp3) is 0.444. The van der Waals surface area contributed by atoms with Crippen molar-refractivity contribution in [2.45, 2.75) is 90.4 Å². The van der Waals surface area contributed by atoms with E-state index in [9.17, 15) is 8.78 Å². The molecule has 0 spiro atoms. The molecule has 1 aliphatic carbocycles. The number of halogens is 4. The van der Waals surface area contributed by atoms with Crippen molar-refractivity contribution < 1.29 is 22.3 Å². The van der Waals surface area contributed by atoms with Gasteiger partial charge in [-0.2, -0.15) is 4.39 Å². The molecule has 1 fully saturated rings. The molecule has 0 radical (unpaired) electrons. The molecule has 4 rings (SSSR count). The lowest BCUT2D eigenvalue weighted by Gasteiger charge is -2.27. The zero-order valence-corrected chi connectivity index (χ0v) is 24.3. The minimum absolute atomic E-state index is 0.0165. The van der Waals surface area contributed by atoms with E-state index in [2.05, 4.69) is 19.1 Å². The Morgan fingerprint density at radius 2 is 1.22 bits per heavy atom. The van der Waals surface area contributed by atoms with Gasteiger partial charge in [0.2, 0.25) is 5.82 Å². The molecule has 0 aliphatic heterocycles. The summed E-state index contributed by atoms with van der Waals surface area (Å²) in [6, 6.07) is 12.7. The molecule has 3 aromatic carbocycles. The number of allylic oxidation sites excluding steroid dienone is 2. The van der Waals surface area contributed by atoms with Gasteiger partial charge in [0.25, 0.3) is 0 Å². The van der Waals surface area contributed by atoms with Crippen molar-refractivity contribution in [3.8, 4) is 28.0 Å². The lowest BCUT2D eigenvalue weighted by molar-refractivity contribution is 0.285. The van der Waals surface area contributed by atoms with E-state index in [4.69, 9.17) is 4.74 Å². The van der Waals surface area contributed by atoms with Crippen LogP contribution >= 0.6 is 0 Å². The molecule has 0 bridgehead atoms. The molecule has 220 valence electrons. The van der Waals surface area contributed by atoms with Crippen molar-refractivity contribution in [1.82, 2.24) is 0 Å². The van der Waals surface area contributed by atoms with Crippen LogP contribution in [0.2, 0.25) is 0 Å². The molecule has 1 aliphatic rings. The van der Waals surface area contributed by atoms with Crippen LogP contribution in [0.1, 0.15) is 96.0 Å². The molecule has 3 aromatic rings. The quantitative estimate of drug-likeness (QED) is 0.114. The Morgan fingerprint density at radius 1 is 0.659 bits per heavy atom. The molecule has 0 unspecified atom stereocenters. The molecule has 0 N–H and O–H groups in total. The third-order valence-corrected chi connectivity index (χ3v) is 8.35. The van der Waals surface area contributed by atoms with Crippen LogP contribution in [0, 0.1) is 29.2 Å². The van der Waals surface area contributed by atoms with Gasteiger partial charge in [0.05, 0.1) is 6.61 Å². The average molecular weight is 567 g/mol. The number of benzene rings is 3. The molecule has 0 atom stereocenters. The Bertz CT molecular complexity index is 1290. The Labute approximate surface area is 242 Å². The van der Waals surface area contributed by atoms with Gasteiger partial charge in [-0.25, -0.2) is 13.2 Å². The smallest absolute Gasteiger partial charge is 0.201 e. The van der Waals surface area contributed by atoms with Crippen molar-refractivity contribution in [2.24, 2.45) is 5.92 Å². The first kappa shape index (κ1) is 30.9. The summed E-state index contributed by atoms with van der Waals surface area (Å²) in [5.74, 6) is -3.23. The van der Waals surface area contributed by atoms with Gasteiger partial charge in [0, 0.05) is 11.1 Å².